The quantitative estimate of drug-likeness (QED) is 0.746. The summed E-state index contributed by atoms with van der Waals surface area (Å²) < 4.78 is 10.8. The Morgan fingerprint density at radius 2 is 1.56 bits per heavy atom. The minimum atomic E-state index is -0.392. The van der Waals surface area contributed by atoms with Crippen molar-refractivity contribution >= 4 is 17.3 Å². The Balaban J connectivity index is 1.86. The maximum atomic E-state index is 13.4. The van der Waals surface area contributed by atoms with E-state index in [-0.39, 0.29) is 5.91 Å². The molecule has 0 fully saturated rings. The third-order valence-corrected chi connectivity index (χ3v) is 4.71. The zero-order chi connectivity index (χ0) is 18.8. The number of carbonyl (C=O) groups excluding carboxylic acids is 1. The average Bonchev–Trinajstić information content (AvgIpc) is 2.74. The molecule has 0 aromatic heterocycles. The molecule has 5 heteroatoms. The molecule has 27 heavy (non-hydrogen) atoms. The molecule has 1 amide bonds. The normalized spacial score (nSPS) is 15.7. The predicted molar refractivity (Wildman–Crippen MR) is 106 cm³/mol. The van der Waals surface area contributed by atoms with Gasteiger partial charge < -0.3 is 14.8 Å². The van der Waals surface area contributed by atoms with Gasteiger partial charge in [-0.25, -0.2) is 0 Å². The van der Waals surface area contributed by atoms with Crippen molar-refractivity contribution in [2.75, 3.05) is 24.4 Å². The Morgan fingerprint density at radius 1 is 0.852 bits per heavy atom. The molecule has 0 spiro atoms. The van der Waals surface area contributed by atoms with Gasteiger partial charge >= 0.3 is 0 Å². The summed E-state index contributed by atoms with van der Waals surface area (Å²) >= 11 is 0. The van der Waals surface area contributed by atoms with Crippen molar-refractivity contribution in [3.8, 4) is 11.5 Å². The van der Waals surface area contributed by atoms with E-state index in [4.69, 9.17) is 9.47 Å². The van der Waals surface area contributed by atoms with Crippen molar-refractivity contribution in [1.29, 1.82) is 0 Å². The second-order valence-electron chi connectivity index (χ2n) is 6.21. The van der Waals surface area contributed by atoms with Gasteiger partial charge in [-0.1, -0.05) is 30.3 Å². The summed E-state index contributed by atoms with van der Waals surface area (Å²) in [6.07, 6.45) is -0.392. The summed E-state index contributed by atoms with van der Waals surface area (Å²) in [5, 5.41) is 3.49. The first-order valence-corrected chi connectivity index (χ1v) is 8.69. The number of anilines is 2. The number of fused-ring (bicyclic) bond motifs is 1. The number of carbonyl (C=O) groups is 1. The number of amides is 1. The molecular formula is C22H20N2O3. The van der Waals surface area contributed by atoms with Gasteiger partial charge in [0.2, 0.25) is 0 Å². The summed E-state index contributed by atoms with van der Waals surface area (Å²) in [6, 6.07) is 22.7. The largest absolute Gasteiger partial charge is 0.497 e. The monoisotopic (exact) mass is 360 g/mol. The molecule has 3 aromatic carbocycles. The zero-order valence-corrected chi connectivity index (χ0v) is 15.2. The lowest BCUT2D eigenvalue weighted by molar-refractivity contribution is 0.0974. The first-order valence-electron chi connectivity index (χ1n) is 8.69. The van der Waals surface area contributed by atoms with E-state index in [9.17, 15) is 4.79 Å². The van der Waals surface area contributed by atoms with Gasteiger partial charge in [0.25, 0.3) is 5.91 Å². The highest BCUT2D eigenvalue weighted by molar-refractivity contribution is 6.12. The van der Waals surface area contributed by atoms with E-state index >= 15 is 0 Å². The molecule has 0 saturated heterocycles. The van der Waals surface area contributed by atoms with E-state index in [1.807, 2.05) is 72.8 Å². The second-order valence-corrected chi connectivity index (χ2v) is 6.21. The number of methoxy groups -OCH3 is 2. The fourth-order valence-corrected chi connectivity index (χ4v) is 3.37. The molecule has 1 aliphatic rings. The maximum absolute atomic E-state index is 13.4. The van der Waals surface area contributed by atoms with Crippen LogP contribution in [0.5, 0.6) is 11.5 Å². The topological polar surface area (TPSA) is 50.8 Å². The van der Waals surface area contributed by atoms with Crippen LogP contribution in [0.1, 0.15) is 22.1 Å². The molecule has 0 aliphatic carbocycles. The van der Waals surface area contributed by atoms with E-state index in [1.54, 1.807) is 19.1 Å². The Kier molecular flexibility index (Phi) is 4.42. The van der Waals surface area contributed by atoms with Crippen LogP contribution >= 0.6 is 0 Å². The summed E-state index contributed by atoms with van der Waals surface area (Å²) in [5.41, 5.74) is 3.11. The summed E-state index contributed by atoms with van der Waals surface area (Å²) in [5.74, 6) is 1.40. The van der Waals surface area contributed by atoms with Gasteiger partial charge in [-0.05, 0) is 42.5 Å². The molecule has 1 heterocycles. The second kappa shape index (κ2) is 7.03. The highest BCUT2D eigenvalue weighted by Gasteiger charge is 2.35. The van der Waals surface area contributed by atoms with Crippen LogP contribution < -0.4 is 19.7 Å². The SMILES string of the molecule is COc1ccc(N2C(=O)c3ccccc3N[C@H]2c2ccccc2OC)cc1. The standard InChI is InChI=1S/C22H20N2O3/c1-26-16-13-11-15(12-14-16)24-21(18-8-4-6-10-20(18)27-2)23-19-9-5-3-7-17(19)22(24)25/h3-14,21,23H,1-2H3/t21-/m1/s1. The van der Waals surface area contributed by atoms with Crippen LogP contribution in [-0.2, 0) is 0 Å². The summed E-state index contributed by atoms with van der Waals surface area (Å²) in [6.45, 7) is 0. The highest BCUT2D eigenvalue weighted by atomic mass is 16.5. The predicted octanol–water partition coefficient (Wildman–Crippen LogP) is 4.47. The molecule has 1 N–H and O–H groups in total. The molecule has 0 unspecified atom stereocenters. The van der Waals surface area contributed by atoms with Gasteiger partial charge in [0.1, 0.15) is 17.7 Å². The van der Waals surface area contributed by atoms with Crippen LogP contribution in [0.2, 0.25) is 0 Å². The number of hydrogen-bond acceptors (Lipinski definition) is 4. The van der Waals surface area contributed by atoms with Gasteiger partial charge in [0.15, 0.2) is 0 Å². The fraction of sp³-hybridized carbons (Fsp3) is 0.136. The van der Waals surface area contributed by atoms with Crippen molar-refractivity contribution in [3.05, 3.63) is 83.9 Å². The van der Waals surface area contributed by atoms with Crippen LogP contribution in [0.4, 0.5) is 11.4 Å². The van der Waals surface area contributed by atoms with Crippen LogP contribution in [0.3, 0.4) is 0 Å². The first kappa shape index (κ1) is 17.0. The molecule has 4 rings (SSSR count). The van der Waals surface area contributed by atoms with Crippen molar-refractivity contribution in [1.82, 2.24) is 0 Å². The van der Waals surface area contributed by atoms with E-state index < -0.39 is 6.17 Å². The van der Waals surface area contributed by atoms with Crippen LogP contribution in [0, 0.1) is 0 Å². The van der Waals surface area contributed by atoms with E-state index in [0.717, 1.165) is 28.4 Å². The molecule has 1 atom stereocenters. The lowest BCUT2D eigenvalue weighted by atomic mass is 10.0. The van der Waals surface area contributed by atoms with Crippen molar-refractivity contribution in [2.45, 2.75) is 6.17 Å². The smallest absolute Gasteiger partial charge is 0.262 e. The Labute approximate surface area is 158 Å². The number of rotatable bonds is 4. The number of nitrogens with zero attached hydrogens (tertiary/aromatic N) is 1. The minimum Gasteiger partial charge on any atom is -0.497 e. The summed E-state index contributed by atoms with van der Waals surface area (Å²) in [4.78, 5) is 15.1. The molecule has 5 nitrogen and oxygen atoms in total. The van der Waals surface area contributed by atoms with Gasteiger partial charge in [0.05, 0.1) is 19.8 Å². The number of hydrogen-bond donors (Lipinski definition) is 1. The first-order chi connectivity index (χ1) is 13.2. The maximum Gasteiger partial charge on any atom is 0.262 e. The van der Waals surface area contributed by atoms with Gasteiger partial charge in [0, 0.05) is 16.9 Å². The molecular weight excluding hydrogens is 340 g/mol. The molecule has 1 aliphatic heterocycles. The number of para-hydroxylation sites is 2. The van der Waals surface area contributed by atoms with Crippen LogP contribution in [-0.4, -0.2) is 20.1 Å². The molecule has 0 radical (unpaired) electrons. The third-order valence-electron chi connectivity index (χ3n) is 4.71. The highest BCUT2D eigenvalue weighted by Crippen LogP contribution is 2.39. The van der Waals surface area contributed by atoms with Crippen LogP contribution in [0.25, 0.3) is 0 Å². The fourth-order valence-electron chi connectivity index (χ4n) is 3.37. The van der Waals surface area contributed by atoms with E-state index in [2.05, 4.69) is 5.32 Å². The number of nitrogens with one attached hydrogen (secondary N) is 1. The molecule has 3 aromatic rings. The van der Waals surface area contributed by atoms with Crippen molar-refractivity contribution < 1.29 is 14.3 Å². The average molecular weight is 360 g/mol. The lowest BCUT2D eigenvalue weighted by Crippen LogP contribution is -2.43. The van der Waals surface area contributed by atoms with E-state index in [0.29, 0.717) is 5.56 Å². The van der Waals surface area contributed by atoms with Gasteiger partial charge in [-0.2, -0.15) is 0 Å². The Hall–Kier alpha value is -3.47. The van der Waals surface area contributed by atoms with Crippen molar-refractivity contribution in [2.24, 2.45) is 0 Å². The molecule has 136 valence electrons. The van der Waals surface area contributed by atoms with E-state index in [1.165, 1.54) is 0 Å². The molecule has 0 bridgehead atoms. The molecule has 0 saturated carbocycles. The third kappa shape index (κ3) is 2.97. The Bertz CT molecular complexity index is 969. The summed E-state index contributed by atoms with van der Waals surface area (Å²) in [7, 11) is 3.26. The zero-order valence-electron chi connectivity index (χ0n) is 15.2. The Morgan fingerprint density at radius 3 is 2.30 bits per heavy atom. The van der Waals surface area contributed by atoms with Crippen molar-refractivity contribution in [3.63, 3.8) is 0 Å². The van der Waals surface area contributed by atoms with Crippen LogP contribution in [0.15, 0.2) is 72.8 Å². The van der Waals surface area contributed by atoms with Gasteiger partial charge in [-0.15, -0.1) is 0 Å². The minimum absolute atomic E-state index is 0.0644. The van der Waals surface area contributed by atoms with Gasteiger partial charge in [-0.3, -0.25) is 9.69 Å². The lowest BCUT2D eigenvalue weighted by Gasteiger charge is -2.38. The number of benzene rings is 3. The number of ether oxygens (including phenoxy) is 2.